The van der Waals surface area contributed by atoms with E-state index in [0.29, 0.717) is 10.0 Å². The number of hydrogen-bond donors (Lipinski definition) is 0. The molecule has 3 aliphatic heterocycles. The van der Waals surface area contributed by atoms with Crippen LogP contribution in [-0.4, -0.2) is 50.7 Å². The highest BCUT2D eigenvalue weighted by Gasteiger charge is 2.24. The molecular weight excluding hydrogens is 413 g/mol. The van der Waals surface area contributed by atoms with E-state index in [-0.39, 0.29) is 0 Å². The third kappa shape index (κ3) is 4.17. The highest BCUT2D eigenvalue weighted by Crippen LogP contribution is 2.36. The first-order chi connectivity index (χ1) is 14.7. The van der Waals surface area contributed by atoms with Gasteiger partial charge in [-0.15, -0.1) is 0 Å². The molecule has 0 aliphatic carbocycles. The van der Waals surface area contributed by atoms with Crippen LogP contribution < -0.4 is 9.80 Å². The van der Waals surface area contributed by atoms with Crippen molar-refractivity contribution in [2.45, 2.75) is 38.5 Å². The third-order valence-electron chi connectivity index (χ3n) is 6.98. The summed E-state index contributed by atoms with van der Waals surface area (Å²) in [5.41, 5.74) is 7.44. The van der Waals surface area contributed by atoms with Crippen LogP contribution >= 0.6 is 23.2 Å². The van der Waals surface area contributed by atoms with Crippen molar-refractivity contribution in [3.05, 3.63) is 57.1 Å². The predicted molar refractivity (Wildman–Crippen MR) is 129 cm³/mol. The summed E-state index contributed by atoms with van der Waals surface area (Å²) in [6, 6.07) is 10.9. The van der Waals surface area contributed by atoms with E-state index < -0.39 is 0 Å². The zero-order valence-corrected chi connectivity index (χ0v) is 19.2. The van der Waals surface area contributed by atoms with Crippen molar-refractivity contribution in [1.82, 2.24) is 4.90 Å². The molecule has 0 saturated carbocycles. The van der Waals surface area contributed by atoms with Crippen LogP contribution in [0.3, 0.4) is 0 Å². The Hall–Kier alpha value is -1.42. The number of halogens is 2. The standard InChI is InChI=1S/C25H31Cl2N3/c26-22-8-1-9-23(24(22)27)29-15-13-28(14-16-29)10-2-5-19-17-20-6-3-11-30-12-4-7-21(18-19)25(20)30/h1,8-9,17-18H,2-7,10-16H2. The van der Waals surface area contributed by atoms with Gasteiger partial charge < -0.3 is 9.80 Å². The van der Waals surface area contributed by atoms with Crippen LogP contribution in [-0.2, 0) is 19.3 Å². The summed E-state index contributed by atoms with van der Waals surface area (Å²) >= 11 is 12.6. The maximum Gasteiger partial charge on any atom is 0.0825 e. The third-order valence-corrected chi connectivity index (χ3v) is 7.79. The van der Waals surface area contributed by atoms with Crippen molar-refractivity contribution in [3.8, 4) is 0 Å². The van der Waals surface area contributed by atoms with Gasteiger partial charge >= 0.3 is 0 Å². The number of anilines is 2. The van der Waals surface area contributed by atoms with E-state index in [1.165, 1.54) is 58.2 Å². The number of hydrogen-bond acceptors (Lipinski definition) is 3. The van der Waals surface area contributed by atoms with Crippen LogP contribution in [0.25, 0.3) is 0 Å². The van der Waals surface area contributed by atoms with Gasteiger partial charge in [-0.2, -0.15) is 0 Å². The number of nitrogens with zero attached hydrogens (tertiary/aromatic N) is 3. The Kier molecular flexibility index (Phi) is 6.13. The van der Waals surface area contributed by atoms with Crippen LogP contribution in [0.2, 0.25) is 10.0 Å². The van der Waals surface area contributed by atoms with Crippen LogP contribution in [0, 0.1) is 0 Å². The Morgan fingerprint density at radius 2 is 1.50 bits per heavy atom. The van der Waals surface area contributed by atoms with E-state index in [2.05, 4.69) is 32.9 Å². The van der Waals surface area contributed by atoms with Crippen LogP contribution in [0.4, 0.5) is 11.4 Å². The fourth-order valence-electron chi connectivity index (χ4n) is 5.48. The van der Waals surface area contributed by atoms with Crippen LogP contribution in [0.1, 0.15) is 36.0 Å². The van der Waals surface area contributed by atoms with Gasteiger partial charge in [-0.1, -0.05) is 41.4 Å². The van der Waals surface area contributed by atoms with Crippen molar-refractivity contribution < 1.29 is 0 Å². The number of aryl methyl sites for hydroxylation is 3. The average Bonchev–Trinajstić information content (AvgIpc) is 2.77. The zero-order valence-electron chi connectivity index (χ0n) is 17.7. The summed E-state index contributed by atoms with van der Waals surface area (Å²) in [4.78, 5) is 7.59. The summed E-state index contributed by atoms with van der Waals surface area (Å²) in [6.07, 6.45) is 7.59. The maximum absolute atomic E-state index is 6.41. The summed E-state index contributed by atoms with van der Waals surface area (Å²) in [6.45, 7) is 7.89. The number of rotatable bonds is 5. The van der Waals surface area contributed by atoms with Gasteiger partial charge in [0.05, 0.1) is 15.7 Å². The molecule has 5 rings (SSSR count). The largest absolute Gasteiger partial charge is 0.371 e. The van der Waals surface area contributed by atoms with Gasteiger partial charge in [0.15, 0.2) is 0 Å². The van der Waals surface area contributed by atoms with Gasteiger partial charge in [0.2, 0.25) is 0 Å². The quantitative estimate of drug-likeness (QED) is 0.608. The van der Waals surface area contributed by atoms with E-state index in [9.17, 15) is 0 Å². The van der Waals surface area contributed by atoms with Crippen molar-refractivity contribution in [2.24, 2.45) is 0 Å². The molecule has 0 amide bonds. The van der Waals surface area contributed by atoms with Gasteiger partial charge in [0, 0.05) is 45.0 Å². The second kappa shape index (κ2) is 8.98. The lowest BCUT2D eigenvalue weighted by Gasteiger charge is -2.37. The highest BCUT2D eigenvalue weighted by molar-refractivity contribution is 6.43. The Morgan fingerprint density at radius 3 is 2.20 bits per heavy atom. The Morgan fingerprint density at radius 1 is 0.800 bits per heavy atom. The molecule has 1 fully saturated rings. The van der Waals surface area contributed by atoms with E-state index in [4.69, 9.17) is 23.2 Å². The molecule has 2 aromatic carbocycles. The molecule has 1 saturated heterocycles. The SMILES string of the molecule is Clc1cccc(N2CCN(CCCc3cc4c5c(c3)CCCN5CCC4)CC2)c1Cl. The van der Waals surface area contributed by atoms with E-state index in [1.807, 2.05) is 12.1 Å². The Bertz CT molecular complexity index is 874. The number of benzene rings is 2. The van der Waals surface area contributed by atoms with E-state index in [1.54, 1.807) is 22.4 Å². The first-order valence-electron chi connectivity index (χ1n) is 11.5. The zero-order chi connectivity index (χ0) is 20.5. The smallest absolute Gasteiger partial charge is 0.0825 e. The minimum atomic E-state index is 0.642. The second-order valence-corrected chi connectivity index (χ2v) is 9.75. The predicted octanol–water partition coefficient (Wildman–Crippen LogP) is 5.45. The molecule has 0 atom stereocenters. The normalized spacial score (nSPS) is 19.1. The van der Waals surface area contributed by atoms with Crippen molar-refractivity contribution >= 4 is 34.6 Å². The lowest BCUT2D eigenvalue weighted by atomic mass is 9.89. The Labute approximate surface area is 190 Å². The highest BCUT2D eigenvalue weighted by atomic mass is 35.5. The minimum absolute atomic E-state index is 0.642. The molecule has 160 valence electrons. The lowest BCUT2D eigenvalue weighted by molar-refractivity contribution is 0.255. The lowest BCUT2D eigenvalue weighted by Crippen LogP contribution is -2.46. The molecule has 0 N–H and O–H groups in total. The second-order valence-electron chi connectivity index (χ2n) is 8.96. The van der Waals surface area contributed by atoms with Gasteiger partial charge in [-0.25, -0.2) is 0 Å². The van der Waals surface area contributed by atoms with Crippen LogP contribution in [0.15, 0.2) is 30.3 Å². The Balaban J connectivity index is 1.15. The first-order valence-corrected chi connectivity index (χ1v) is 12.3. The maximum atomic E-state index is 6.41. The van der Waals surface area contributed by atoms with Gasteiger partial charge in [-0.3, -0.25) is 4.90 Å². The molecule has 0 aromatic heterocycles. The molecule has 3 heterocycles. The summed E-state index contributed by atoms with van der Waals surface area (Å²) in [5, 5.41) is 1.33. The van der Waals surface area contributed by atoms with Crippen molar-refractivity contribution in [3.63, 3.8) is 0 Å². The van der Waals surface area contributed by atoms with Crippen molar-refractivity contribution in [1.29, 1.82) is 0 Å². The molecule has 5 heteroatoms. The molecule has 3 nitrogen and oxygen atoms in total. The van der Waals surface area contributed by atoms with Crippen molar-refractivity contribution in [2.75, 3.05) is 55.6 Å². The molecular formula is C25H31Cl2N3. The first kappa shape index (κ1) is 20.5. The average molecular weight is 444 g/mol. The minimum Gasteiger partial charge on any atom is -0.371 e. The molecule has 0 spiro atoms. The van der Waals surface area contributed by atoms with Gasteiger partial charge in [0.25, 0.3) is 0 Å². The monoisotopic (exact) mass is 443 g/mol. The molecule has 2 aromatic rings. The number of piperazine rings is 1. The summed E-state index contributed by atoms with van der Waals surface area (Å²) in [7, 11) is 0. The molecule has 3 aliphatic rings. The molecule has 0 bridgehead atoms. The fraction of sp³-hybridized carbons (Fsp3) is 0.520. The van der Waals surface area contributed by atoms with Gasteiger partial charge in [-0.05, 0) is 73.9 Å². The topological polar surface area (TPSA) is 9.72 Å². The van der Waals surface area contributed by atoms with E-state index in [0.717, 1.165) is 31.9 Å². The summed E-state index contributed by atoms with van der Waals surface area (Å²) in [5.74, 6) is 0. The fourth-order valence-corrected chi connectivity index (χ4v) is 5.89. The summed E-state index contributed by atoms with van der Waals surface area (Å²) < 4.78 is 0. The molecule has 0 unspecified atom stereocenters. The molecule has 0 radical (unpaired) electrons. The molecule has 30 heavy (non-hydrogen) atoms. The van der Waals surface area contributed by atoms with E-state index >= 15 is 0 Å². The van der Waals surface area contributed by atoms with Crippen LogP contribution in [0.5, 0.6) is 0 Å². The van der Waals surface area contributed by atoms with Gasteiger partial charge in [0.1, 0.15) is 0 Å².